The van der Waals surface area contributed by atoms with Crippen LogP contribution in [0.25, 0.3) is 0 Å². The van der Waals surface area contributed by atoms with Gasteiger partial charge < -0.3 is 5.32 Å². The first kappa shape index (κ1) is 20.3. The van der Waals surface area contributed by atoms with E-state index >= 15 is 0 Å². The fraction of sp³-hybridized carbons (Fsp3) is 0.333. The molecule has 2 aromatic carbocycles. The van der Waals surface area contributed by atoms with E-state index in [2.05, 4.69) is 20.4 Å². The Hall–Kier alpha value is -2.41. The van der Waals surface area contributed by atoms with Crippen molar-refractivity contribution in [3.05, 3.63) is 70.7 Å². The number of nitrogens with one attached hydrogen (secondary N) is 2. The highest BCUT2D eigenvalue weighted by molar-refractivity contribution is 6.30. The zero-order valence-electron chi connectivity index (χ0n) is 15.9. The van der Waals surface area contributed by atoms with Gasteiger partial charge in [0, 0.05) is 44.8 Å². The van der Waals surface area contributed by atoms with E-state index in [0.717, 1.165) is 43.3 Å². The SMILES string of the molecule is CNC(=O)NC(=O)[C@H](c1ccccc1)N1CCN(Cc2ccc(Cl)cc2)CC1. The summed E-state index contributed by atoms with van der Waals surface area (Å²) in [6, 6.07) is 16.5. The molecule has 1 saturated heterocycles. The first-order chi connectivity index (χ1) is 13.6. The van der Waals surface area contributed by atoms with Crippen LogP contribution in [0.5, 0.6) is 0 Å². The molecule has 28 heavy (non-hydrogen) atoms. The fourth-order valence-electron chi connectivity index (χ4n) is 3.43. The summed E-state index contributed by atoms with van der Waals surface area (Å²) >= 11 is 5.96. The summed E-state index contributed by atoms with van der Waals surface area (Å²) in [7, 11) is 1.50. The van der Waals surface area contributed by atoms with E-state index in [1.807, 2.05) is 54.6 Å². The topological polar surface area (TPSA) is 64.7 Å². The molecule has 0 aromatic heterocycles. The van der Waals surface area contributed by atoms with Crippen LogP contribution in [0.3, 0.4) is 0 Å². The average Bonchev–Trinajstić information content (AvgIpc) is 2.72. The molecule has 1 aliphatic heterocycles. The molecule has 0 aliphatic carbocycles. The summed E-state index contributed by atoms with van der Waals surface area (Å²) in [5.74, 6) is -0.309. The Morgan fingerprint density at radius 3 is 2.25 bits per heavy atom. The Morgan fingerprint density at radius 1 is 1.00 bits per heavy atom. The van der Waals surface area contributed by atoms with Gasteiger partial charge in [0.25, 0.3) is 0 Å². The van der Waals surface area contributed by atoms with Crippen LogP contribution in [0.2, 0.25) is 5.02 Å². The number of benzene rings is 2. The molecule has 2 N–H and O–H groups in total. The Morgan fingerprint density at radius 2 is 1.64 bits per heavy atom. The second-order valence-corrected chi connectivity index (χ2v) is 7.26. The van der Waals surface area contributed by atoms with Crippen LogP contribution < -0.4 is 10.6 Å². The smallest absolute Gasteiger partial charge is 0.321 e. The van der Waals surface area contributed by atoms with Gasteiger partial charge in [-0.05, 0) is 23.3 Å². The van der Waals surface area contributed by atoms with Crippen molar-refractivity contribution in [1.29, 1.82) is 0 Å². The van der Waals surface area contributed by atoms with E-state index in [9.17, 15) is 9.59 Å². The number of carbonyl (C=O) groups excluding carboxylic acids is 2. The van der Waals surface area contributed by atoms with Gasteiger partial charge in [-0.15, -0.1) is 0 Å². The van der Waals surface area contributed by atoms with Gasteiger partial charge >= 0.3 is 6.03 Å². The molecule has 7 heteroatoms. The third-order valence-corrected chi connectivity index (χ3v) is 5.17. The lowest BCUT2D eigenvalue weighted by Gasteiger charge is -2.38. The maximum absolute atomic E-state index is 12.8. The van der Waals surface area contributed by atoms with E-state index in [4.69, 9.17) is 11.6 Å². The summed E-state index contributed by atoms with van der Waals surface area (Å²) in [4.78, 5) is 28.9. The number of carbonyl (C=O) groups is 2. The zero-order chi connectivity index (χ0) is 19.9. The third-order valence-electron chi connectivity index (χ3n) is 4.92. The Kier molecular flexibility index (Phi) is 7.03. The largest absolute Gasteiger partial charge is 0.341 e. The molecule has 1 aliphatic rings. The van der Waals surface area contributed by atoms with Crippen LogP contribution >= 0.6 is 11.6 Å². The monoisotopic (exact) mass is 400 g/mol. The highest BCUT2D eigenvalue weighted by Gasteiger charge is 2.31. The van der Waals surface area contributed by atoms with Gasteiger partial charge in [0.2, 0.25) is 5.91 Å². The summed E-state index contributed by atoms with van der Waals surface area (Å²) < 4.78 is 0. The highest BCUT2D eigenvalue weighted by atomic mass is 35.5. The fourth-order valence-corrected chi connectivity index (χ4v) is 3.56. The quantitative estimate of drug-likeness (QED) is 0.809. The lowest BCUT2D eigenvalue weighted by molar-refractivity contribution is -0.126. The molecule has 2 aromatic rings. The van der Waals surface area contributed by atoms with Crippen molar-refractivity contribution in [2.24, 2.45) is 0 Å². The molecular weight excluding hydrogens is 376 g/mol. The molecule has 1 fully saturated rings. The molecule has 0 unspecified atom stereocenters. The van der Waals surface area contributed by atoms with Crippen molar-refractivity contribution >= 4 is 23.5 Å². The average molecular weight is 401 g/mol. The third kappa shape index (κ3) is 5.32. The number of hydrogen-bond donors (Lipinski definition) is 2. The molecule has 148 valence electrons. The summed E-state index contributed by atoms with van der Waals surface area (Å²) in [5.41, 5.74) is 2.10. The van der Waals surface area contributed by atoms with Crippen molar-refractivity contribution in [3.8, 4) is 0 Å². The Balaban J connectivity index is 1.66. The molecule has 0 radical (unpaired) electrons. The van der Waals surface area contributed by atoms with Crippen molar-refractivity contribution < 1.29 is 9.59 Å². The maximum atomic E-state index is 12.8. The number of piperazine rings is 1. The summed E-state index contributed by atoms with van der Waals surface area (Å²) in [5, 5.41) is 5.60. The van der Waals surface area contributed by atoms with E-state index in [0.29, 0.717) is 0 Å². The Labute approximate surface area is 170 Å². The van der Waals surface area contributed by atoms with E-state index in [-0.39, 0.29) is 5.91 Å². The number of imide groups is 1. The standard InChI is InChI=1S/C21H25ClN4O2/c1-23-21(28)24-20(27)19(17-5-3-2-4-6-17)26-13-11-25(12-14-26)15-16-7-9-18(22)10-8-16/h2-10,19H,11-15H2,1H3,(H2,23,24,27,28)/t19-/m0/s1. The number of urea groups is 1. The normalized spacial score (nSPS) is 16.4. The molecular formula is C21H25ClN4O2. The zero-order valence-corrected chi connectivity index (χ0v) is 16.7. The molecule has 6 nitrogen and oxygen atoms in total. The van der Waals surface area contributed by atoms with E-state index in [1.165, 1.54) is 12.6 Å². The van der Waals surface area contributed by atoms with Gasteiger partial charge in [0.15, 0.2) is 0 Å². The molecule has 3 rings (SSSR count). The molecule has 1 atom stereocenters. The number of halogens is 1. The number of amides is 3. The van der Waals surface area contributed by atoms with Crippen molar-refractivity contribution in [1.82, 2.24) is 20.4 Å². The van der Waals surface area contributed by atoms with E-state index < -0.39 is 12.1 Å². The lowest BCUT2D eigenvalue weighted by atomic mass is 10.0. The van der Waals surface area contributed by atoms with E-state index in [1.54, 1.807) is 0 Å². The summed E-state index contributed by atoms with van der Waals surface area (Å²) in [6.07, 6.45) is 0. The minimum atomic E-state index is -0.493. The predicted molar refractivity (Wildman–Crippen MR) is 110 cm³/mol. The van der Waals surface area contributed by atoms with Crippen LogP contribution in [0.15, 0.2) is 54.6 Å². The molecule has 0 saturated carbocycles. The van der Waals surface area contributed by atoms with Gasteiger partial charge in [0.1, 0.15) is 6.04 Å². The van der Waals surface area contributed by atoms with Crippen LogP contribution in [-0.4, -0.2) is 55.0 Å². The van der Waals surface area contributed by atoms with Crippen LogP contribution in [0.1, 0.15) is 17.2 Å². The number of nitrogens with zero attached hydrogens (tertiary/aromatic N) is 2. The van der Waals surface area contributed by atoms with Crippen LogP contribution in [-0.2, 0) is 11.3 Å². The number of rotatable bonds is 5. The summed E-state index contributed by atoms with van der Waals surface area (Å²) in [6.45, 7) is 4.03. The highest BCUT2D eigenvalue weighted by Crippen LogP contribution is 2.23. The molecule has 3 amide bonds. The van der Waals surface area contributed by atoms with Crippen molar-refractivity contribution in [2.75, 3.05) is 33.2 Å². The van der Waals surface area contributed by atoms with Gasteiger partial charge in [-0.2, -0.15) is 0 Å². The van der Waals surface area contributed by atoms with Crippen molar-refractivity contribution in [3.63, 3.8) is 0 Å². The van der Waals surface area contributed by atoms with Gasteiger partial charge in [-0.25, -0.2) is 4.79 Å². The van der Waals surface area contributed by atoms with Crippen LogP contribution in [0, 0.1) is 0 Å². The molecule has 0 bridgehead atoms. The predicted octanol–water partition coefficient (Wildman–Crippen LogP) is 2.65. The van der Waals surface area contributed by atoms with Crippen LogP contribution in [0.4, 0.5) is 4.79 Å². The van der Waals surface area contributed by atoms with Gasteiger partial charge in [-0.3, -0.25) is 19.9 Å². The minimum Gasteiger partial charge on any atom is -0.341 e. The number of hydrogen-bond acceptors (Lipinski definition) is 4. The van der Waals surface area contributed by atoms with Gasteiger partial charge in [-0.1, -0.05) is 54.1 Å². The second-order valence-electron chi connectivity index (χ2n) is 6.82. The second kappa shape index (κ2) is 9.68. The van der Waals surface area contributed by atoms with Crippen molar-refractivity contribution in [2.45, 2.75) is 12.6 Å². The Bertz CT molecular complexity index is 790. The molecule has 1 heterocycles. The first-order valence-corrected chi connectivity index (χ1v) is 9.73. The maximum Gasteiger partial charge on any atom is 0.321 e. The lowest BCUT2D eigenvalue weighted by Crippen LogP contribution is -2.52. The molecule has 0 spiro atoms. The van der Waals surface area contributed by atoms with Gasteiger partial charge in [0.05, 0.1) is 0 Å². The minimum absolute atomic E-state index is 0.309. The first-order valence-electron chi connectivity index (χ1n) is 9.35.